The maximum atomic E-state index is 13.0. The third-order valence-corrected chi connectivity index (χ3v) is 6.80. The van der Waals surface area contributed by atoms with Crippen LogP contribution in [0.1, 0.15) is 22.3 Å². The lowest BCUT2D eigenvalue weighted by Gasteiger charge is -2.22. The van der Waals surface area contributed by atoms with Crippen molar-refractivity contribution in [2.24, 2.45) is 0 Å². The number of aliphatic hydroxyl groups is 1. The maximum Gasteiger partial charge on any atom is 0.337 e. The highest BCUT2D eigenvalue weighted by Crippen LogP contribution is 2.28. The SMILES string of the molecule is COC(=O)c1ccc(COC(=O)[C@@H]2C[C@@H](O)CN2S(=O)(=O)c2ccc([N+](=O)[O-])cc2)cc1. The predicted octanol–water partition coefficient (Wildman–Crippen LogP) is 1.25. The second-order valence-corrected chi connectivity index (χ2v) is 8.92. The van der Waals surface area contributed by atoms with Gasteiger partial charge in [-0.25, -0.2) is 13.2 Å². The summed E-state index contributed by atoms with van der Waals surface area (Å²) in [4.78, 5) is 34.0. The molecule has 32 heavy (non-hydrogen) atoms. The first-order chi connectivity index (χ1) is 15.1. The molecule has 1 fully saturated rings. The van der Waals surface area contributed by atoms with Crippen LogP contribution in [0.3, 0.4) is 0 Å². The molecule has 3 rings (SSSR count). The Morgan fingerprint density at radius 2 is 1.78 bits per heavy atom. The van der Waals surface area contributed by atoms with Crippen molar-refractivity contribution in [2.45, 2.75) is 30.1 Å². The van der Waals surface area contributed by atoms with Crippen molar-refractivity contribution in [2.75, 3.05) is 13.7 Å². The molecular formula is C20H20N2O9S. The molecule has 0 spiro atoms. The number of ether oxygens (including phenoxy) is 2. The van der Waals surface area contributed by atoms with E-state index in [0.717, 1.165) is 28.6 Å². The standard InChI is InChI=1S/C20H20N2O9S/c1-30-19(24)14-4-2-13(3-5-14)12-31-20(25)18-10-16(23)11-21(18)32(28,29)17-8-6-15(7-9-17)22(26)27/h2-9,16,18,23H,10-12H2,1H3/t16-,18+/m1/s1. The molecule has 1 N–H and O–H groups in total. The molecule has 0 bridgehead atoms. The highest BCUT2D eigenvalue weighted by molar-refractivity contribution is 7.89. The summed E-state index contributed by atoms with van der Waals surface area (Å²) in [5.74, 6) is -1.36. The van der Waals surface area contributed by atoms with Gasteiger partial charge in [-0.15, -0.1) is 0 Å². The van der Waals surface area contributed by atoms with Gasteiger partial charge in [0.1, 0.15) is 12.6 Å². The van der Waals surface area contributed by atoms with Crippen LogP contribution in [0, 0.1) is 10.1 Å². The number of nitro groups is 1. The number of aliphatic hydroxyl groups excluding tert-OH is 1. The van der Waals surface area contributed by atoms with Crippen molar-refractivity contribution in [1.82, 2.24) is 4.31 Å². The molecule has 0 unspecified atom stereocenters. The van der Waals surface area contributed by atoms with E-state index in [1.807, 2.05) is 0 Å². The van der Waals surface area contributed by atoms with Crippen molar-refractivity contribution in [3.05, 3.63) is 69.8 Å². The second-order valence-electron chi connectivity index (χ2n) is 7.03. The highest BCUT2D eigenvalue weighted by Gasteiger charge is 2.44. The number of carbonyl (C=O) groups is 2. The van der Waals surface area contributed by atoms with Gasteiger partial charge in [-0.1, -0.05) is 12.1 Å². The van der Waals surface area contributed by atoms with Gasteiger partial charge in [0.05, 0.1) is 28.6 Å². The lowest BCUT2D eigenvalue weighted by molar-refractivity contribution is -0.384. The Hall–Kier alpha value is -3.35. The maximum absolute atomic E-state index is 13.0. The van der Waals surface area contributed by atoms with E-state index in [4.69, 9.17) is 4.74 Å². The van der Waals surface area contributed by atoms with Gasteiger partial charge in [0.15, 0.2) is 0 Å². The molecule has 0 aromatic heterocycles. The molecule has 1 aliphatic rings. The van der Waals surface area contributed by atoms with Crippen LogP contribution in [0.15, 0.2) is 53.4 Å². The van der Waals surface area contributed by atoms with Gasteiger partial charge < -0.3 is 14.6 Å². The highest BCUT2D eigenvalue weighted by atomic mass is 32.2. The Morgan fingerprint density at radius 1 is 1.16 bits per heavy atom. The molecule has 170 valence electrons. The average molecular weight is 464 g/mol. The van der Waals surface area contributed by atoms with Gasteiger partial charge in [0.25, 0.3) is 5.69 Å². The zero-order chi connectivity index (χ0) is 23.5. The summed E-state index contributed by atoms with van der Waals surface area (Å²) in [7, 11) is -2.96. The zero-order valence-electron chi connectivity index (χ0n) is 16.9. The summed E-state index contributed by atoms with van der Waals surface area (Å²) in [5.41, 5.74) is 0.607. The topological polar surface area (TPSA) is 153 Å². The molecule has 2 aromatic carbocycles. The van der Waals surface area contributed by atoms with E-state index in [1.165, 1.54) is 19.2 Å². The number of esters is 2. The number of methoxy groups -OCH3 is 1. The van der Waals surface area contributed by atoms with Crippen LogP contribution in [0.4, 0.5) is 5.69 Å². The van der Waals surface area contributed by atoms with Gasteiger partial charge >= 0.3 is 11.9 Å². The molecule has 1 saturated heterocycles. The smallest absolute Gasteiger partial charge is 0.337 e. The second kappa shape index (κ2) is 9.42. The normalized spacial score (nSPS) is 18.8. The molecule has 1 aliphatic heterocycles. The number of rotatable bonds is 7. The predicted molar refractivity (Wildman–Crippen MR) is 109 cm³/mol. The molecule has 2 aromatic rings. The largest absolute Gasteiger partial charge is 0.465 e. The van der Waals surface area contributed by atoms with Gasteiger partial charge in [-0.3, -0.25) is 14.9 Å². The summed E-state index contributed by atoms with van der Waals surface area (Å²) in [6.07, 6.45) is -1.22. The summed E-state index contributed by atoms with van der Waals surface area (Å²) >= 11 is 0. The van der Waals surface area contributed by atoms with Gasteiger partial charge in [-0.2, -0.15) is 4.31 Å². The Morgan fingerprint density at radius 3 is 2.34 bits per heavy atom. The minimum absolute atomic E-state index is 0.147. The van der Waals surface area contributed by atoms with Crippen LogP contribution in [-0.4, -0.2) is 60.5 Å². The molecule has 2 atom stereocenters. The van der Waals surface area contributed by atoms with E-state index in [-0.39, 0.29) is 30.2 Å². The first-order valence-corrected chi connectivity index (χ1v) is 10.9. The fourth-order valence-electron chi connectivity index (χ4n) is 3.24. The van der Waals surface area contributed by atoms with Crippen LogP contribution >= 0.6 is 0 Å². The summed E-state index contributed by atoms with van der Waals surface area (Å²) in [6.45, 7) is -0.481. The van der Waals surface area contributed by atoms with Crippen LogP contribution < -0.4 is 0 Å². The fourth-order valence-corrected chi connectivity index (χ4v) is 4.87. The van der Waals surface area contributed by atoms with Crippen molar-refractivity contribution in [3.63, 3.8) is 0 Å². The molecular weight excluding hydrogens is 444 g/mol. The quantitative estimate of drug-likeness (QED) is 0.362. The lowest BCUT2D eigenvalue weighted by atomic mass is 10.1. The number of β-amino-alcohol motifs (C(OH)–C–C–N with tert-alkyl or cyclic N) is 1. The Kier molecular flexibility index (Phi) is 6.87. The van der Waals surface area contributed by atoms with E-state index in [1.54, 1.807) is 12.1 Å². The number of nitrogens with zero attached hydrogens (tertiary/aromatic N) is 2. The summed E-state index contributed by atoms with van der Waals surface area (Å²) < 4.78 is 36.6. The molecule has 1 heterocycles. The van der Waals surface area contributed by atoms with Crippen LogP contribution in [0.5, 0.6) is 0 Å². The summed E-state index contributed by atoms with van der Waals surface area (Å²) in [5, 5.41) is 20.8. The molecule has 0 amide bonds. The van der Waals surface area contributed by atoms with E-state index < -0.39 is 39.0 Å². The Balaban J connectivity index is 1.72. The van der Waals surface area contributed by atoms with Crippen molar-refractivity contribution in [3.8, 4) is 0 Å². The molecule has 0 saturated carbocycles. The van der Waals surface area contributed by atoms with Crippen LogP contribution in [-0.2, 0) is 30.9 Å². The Bertz CT molecular complexity index is 1110. The van der Waals surface area contributed by atoms with Gasteiger partial charge in [0.2, 0.25) is 10.0 Å². The number of carbonyl (C=O) groups excluding carboxylic acids is 2. The van der Waals surface area contributed by atoms with Crippen molar-refractivity contribution >= 4 is 27.6 Å². The van der Waals surface area contributed by atoms with Crippen LogP contribution in [0.2, 0.25) is 0 Å². The van der Waals surface area contributed by atoms with E-state index >= 15 is 0 Å². The third kappa shape index (κ3) is 4.93. The van der Waals surface area contributed by atoms with E-state index in [0.29, 0.717) is 11.1 Å². The van der Waals surface area contributed by atoms with Crippen molar-refractivity contribution < 1.29 is 37.5 Å². The Labute approximate surface area is 183 Å². The number of sulfonamides is 1. The number of benzene rings is 2. The van der Waals surface area contributed by atoms with Gasteiger partial charge in [0, 0.05) is 25.1 Å². The molecule has 0 aliphatic carbocycles. The van der Waals surface area contributed by atoms with E-state index in [2.05, 4.69) is 4.74 Å². The van der Waals surface area contributed by atoms with Crippen LogP contribution in [0.25, 0.3) is 0 Å². The monoisotopic (exact) mass is 464 g/mol. The minimum Gasteiger partial charge on any atom is -0.465 e. The zero-order valence-corrected chi connectivity index (χ0v) is 17.7. The van der Waals surface area contributed by atoms with Crippen molar-refractivity contribution in [1.29, 1.82) is 0 Å². The lowest BCUT2D eigenvalue weighted by Crippen LogP contribution is -2.41. The molecule has 11 nitrogen and oxygen atoms in total. The number of hydrogen-bond donors (Lipinski definition) is 1. The molecule has 12 heteroatoms. The fraction of sp³-hybridized carbons (Fsp3) is 0.300. The third-order valence-electron chi connectivity index (χ3n) is 4.92. The number of non-ortho nitro benzene ring substituents is 1. The molecule has 0 radical (unpaired) electrons. The minimum atomic E-state index is -4.21. The van der Waals surface area contributed by atoms with Gasteiger partial charge in [-0.05, 0) is 29.8 Å². The average Bonchev–Trinajstić information content (AvgIpc) is 3.20. The first-order valence-electron chi connectivity index (χ1n) is 9.41. The first kappa shape index (κ1) is 23.3. The number of nitro benzene ring substituents is 1. The van der Waals surface area contributed by atoms with E-state index in [9.17, 15) is 33.2 Å². The number of hydrogen-bond acceptors (Lipinski definition) is 9. The summed E-state index contributed by atoms with van der Waals surface area (Å²) in [6, 6.07) is 9.12.